The van der Waals surface area contributed by atoms with Gasteiger partial charge >= 0.3 is 0 Å². The van der Waals surface area contributed by atoms with Crippen molar-refractivity contribution < 1.29 is 9.53 Å². The number of amides is 1. The molecule has 1 atom stereocenters. The van der Waals surface area contributed by atoms with Gasteiger partial charge in [0.1, 0.15) is 11.4 Å². The van der Waals surface area contributed by atoms with Crippen molar-refractivity contribution in [2.45, 2.75) is 26.6 Å². The van der Waals surface area contributed by atoms with Gasteiger partial charge < -0.3 is 14.6 Å². The number of benzene rings is 2. The van der Waals surface area contributed by atoms with Crippen molar-refractivity contribution in [2.75, 3.05) is 0 Å². The summed E-state index contributed by atoms with van der Waals surface area (Å²) in [6.45, 7) is 4.20. The van der Waals surface area contributed by atoms with E-state index < -0.39 is 0 Å². The first-order valence-corrected chi connectivity index (χ1v) is 9.86. The molecule has 0 fully saturated rings. The van der Waals surface area contributed by atoms with Gasteiger partial charge in [-0.1, -0.05) is 30.3 Å². The first-order chi connectivity index (χ1) is 14.6. The number of hydrogen-bond donors (Lipinski definition) is 1. The normalized spacial score (nSPS) is 11.8. The summed E-state index contributed by atoms with van der Waals surface area (Å²) in [5, 5.41) is 7.35. The summed E-state index contributed by atoms with van der Waals surface area (Å²) in [5.41, 5.74) is 3.49. The van der Waals surface area contributed by atoms with Crippen LogP contribution < -0.4 is 10.1 Å². The lowest BCUT2D eigenvalue weighted by Gasteiger charge is -2.15. The number of aromatic nitrogens is 3. The molecule has 4 aromatic rings. The zero-order valence-corrected chi connectivity index (χ0v) is 17.0. The molecule has 0 aliphatic rings. The Bertz CT molecular complexity index is 1130. The van der Waals surface area contributed by atoms with Crippen LogP contribution in [0.5, 0.6) is 5.75 Å². The van der Waals surface area contributed by atoms with Crippen LogP contribution in [-0.4, -0.2) is 20.3 Å². The number of ether oxygens (including phenoxy) is 1. The van der Waals surface area contributed by atoms with Gasteiger partial charge in [0, 0.05) is 24.3 Å². The van der Waals surface area contributed by atoms with Crippen molar-refractivity contribution in [1.82, 2.24) is 19.7 Å². The SMILES string of the molecule is Cc1ccccc1OCn1ccc(C(=O)NC(C)c2cccc(-n3cccc3)c2)n1. The van der Waals surface area contributed by atoms with E-state index in [-0.39, 0.29) is 18.7 Å². The van der Waals surface area contributed by atoms with E-state index in [9.17, 15) is 4.79 Å². The summed E-state index contributed by atoms with van der Waals surface area (Å²) < 4.78 is 9.43. The second kappa shape index (κ2) is 8.69. The molecule has 0 saturated carbocycles. The van der Waals surface area contributed by atoms with E-state index in [2.05, 4.69) is 16.5 Å². The van der Waals surface area contributed by atoms with E-state index in [1.54, 1.807) is 16.9 Å². The number of nitrogens with one attached hydrogen (secondary N) is 1. The molecule has 0 aliphatic heterocycles. The summed E-state index contributed by atoms with van der Waals surface area (Å²) in [6, 6.07) is 21.4. The zero-order valence-electron chi connectivity index (χ0n) is 17.0. The average molecular weight is 400 g/mol. The maximum atomic E-state index is 12.7. The smallest absolute Gasteiger partial charge is 0.272 e. The van der Waals surface area contributed by atoms with Crippen LogP contribution in [0.2, 0.25) is 0 Å². The Morgan fingerprint density at radius 2 is 1.83 bits per heavy atom. The quantitative estimate of drug-likeness (QED) is 0.497. The van der Waals surface area contributed by atoms with Gasteiger partial charge in [0.15, 0.2) is 6.73 Å². The second-order valence-corrected chi connectivity index (χ2v) is 7.16. The third-order valence-electron chi connectivity index (χ3n) is 4.94. The van der Waals surface area contributed by atoms with Gasteiger partial charge in [-0.15, -0.1) is 0 Å². The predicted octanol–water partition coefficient (Wildman–Crippen LogP) is 4.51. The fourth-order valence-corrected chi connectivity index (χ4v) is 3.22. The van der Waals surface area contributed by atoms with E-state index in [1.165, 1.54) is 0 Å². The van der Waals surface area contributed by atoms with Gasteiger partial charge in [0.2, 0.25) is 0 Å². The van der Waals surface area contributed by atoms with Crippen molar-refractivity contribution in [2.24, 2.45) is 0 Å². The van der Waals surface area contributed by atoms with Crippen LogP contribution >= 0.6 is 0 Å². The highest BCUT2D eigenvalue weighted by Crippen LogP contribution is 2.18. The molecule has 0 spiro atoms. The standard InChI is InChI=1S/C24H24N4O2/c1-18-8-3-4-11-23(18)30-17-28-15-12-22(26-28)24(29)25-19(2)20-9-7-10-21(16-20)27-13-5-6-14-27/h3-16,19H,17H2,1-2H3,(H,25,29). The molecule has 0 aliphatic carbocycles. The maximum absolute atomic E-state index is 12.7. The number of hydrogen-bond acceptors (Lipinski definition) is 3. The van der Waals surface area contributed by atoms with Gasteiger partial charge in [0.25, 0.3) is 5.91 Å². The summed E-state index contributed by atoms with van der Waals surface area (Å²) in [5.74, 6) is 0.582. The van der Waals surface area contributed by atoms with Gasteiger partial charge in [-0.2, -0.15) is 5.10 Å². The largest absolute Gasteiger partial charge is 0.471 e. The molecule has 2 aromatic carbocycles. The highest BCUT2D eigenvalue weighted by Gasteiger charge is 2.14. The first kappa shape index (κ1) is 19.5. The lowest BCUT2D eigenvalue weighted by Crippen LogP contribution is -2.27. The molecule has 6 heteroatoms. The van der Waals surface area contributed by atoms with Gasteiger partial charge in [-0.05, 0) is 61.4 Å². The van der Waals surface area contributed by atoms with Crippen LogP contribution in [0.3, 0.4) is 0 Å². The van der Waals surface area contributed by atoms with E-state index in [0.29, 0.717) is 5.69 Å². The molecule has 1 amide bonds. The van der Waals surface area contributed by atoms with Crippen LogP contribution in [0.15, 0.2) is 85.3 Å². The summed E-state index contributed by atoms with van der Waals surface area (Å²) in [6.07, 6.45) is 5.73. The Balaban J connectivity index is 1.38. The van der Waals surface area contributed by atoms with Crippen molar-refractivity contribution >= 4 is 5.91 Å². The Kier molecular flexibility index (Phi) is 5.66. The van der Waals surface area contributed by atoms with E-state index in [0.717, 1.165) is 22.6 Å². The van der Waals surface area contributed by atoms with Crippen LogP contribution in [0.25, 0.3) is 5.69 Å². The Hall–Kier alpha value is -3.80. The van der Waals surface area contributed by atoms with Crippen molar-refractivity contribution in [1.29, 1.82) is 0 Å². The summed E-state index contributed by atoms with van der Waals surface area (Å²) >= 11 is 0. The summed E-state index contributed by atoms with van der Waals surface area (Å²) in [4.78, 5) is 12.7. The number of nitrogens with zero attached hydrogens (tertiary/aromatic N) is 3. The molecule has 0 saturated heterocycles. The number of para-hydroxylation sites is 1. The topological polar surface area (TPSA) is 61.1 Å². The van der Waals surface area contributed by atoms with Crippen LogP contribution in [0.4, 0.5) is 0 Å². The molecule has 152 valence electrons. The molecule has 0 bridgehead atoms. The van der Waals surface area contributed by atoms with Gasteiger partial charge in [-0.25, -0.2) is 4.68 Å². The number of carbonyl (C=O) groups is 1. The lowest BCUT2D eigenvalue weighted by atomic mass is 10.1. The number of carbonyl (C=O) groups excluding carboxylic acids is 1. The van der Waals surface area contributed by atoms with Crippen LogP contribution in [-0.2, 0) is 6.73 Å². The van der Waals surface area contributed by atoms with E-state index >= 15 is 0 Å². The molecule has 30 heavy (non-hydrogen) atoms. The Morgan fingerprint density at radius 1 is 1.03 bits per heavy atom. The molecular weight excluding hydrogens is 376 g/mol. The van der Waals surface area contributed by atoms with Crippen LogP contribution in [0.1, 0.15) is 34.6 Å². The molecule has 2 heterocycles. The van der Waals surface area contributed by atoms with Gasteiger partial charge in [-0.3, -0.25) is 4.79 Å². The van der Waals surface area contributed by atoms with Crippen molar-refractivity contribution in [3.63, 3.8) is 0 Å². The molecular formula is C24H24N4O2. The monoisotopic (exact) mass is 400 g/mol. The van der Waals surface area contributed by atoms with Crippen molar-refractivity contribution in [3.05, 3.63) is 102 Å². The lowest BCUT2D eigenvalue weighted by molar-refractivity contribution is 0.0932. The third kappa shape index (κ3) is 4.43. The third-order valence-corrected chi connectivity index (χ3v) is 4.94. The number of aryl methyl sites for hydroxylation is 1. The number of rotatable bonds is 7. The second-order valence-electron chi connectivity index (χ2n) is 7.16. The molecule has 1 N–H and O–H groups in total. The fourth-order valence-electron chi connectivity index (χ4n) is 3.22. The minimum atomic E-state index is -0.219. The minimum Gasteiger partial charge on any atom is -0.471 e. The zero-order chi connectivity index (χ0) is 20.9. The minimum absolute atomic E-state index is 0.151. The molecule has 6 nitrogen and oxygen atoms in total. The maximum Gasteiger partial charge on any atom is 0.272 e. The molecule has 2 aromatic heterocycles. The highest BCUT2D eigenvalue weighted by molar-refractivity contribution is 5.92. The molecule has 4 rings (SSSR count). The average Bonchev–Trinajstić information content (AvgIpc) is 3.46. The predicted molar refractivity (Wildman–Crippen MR) is 116 cm³/mol. The summed E-state index contributed by atoms with van der Waals surface area (Å²) in [7, 11) is 0. The highest BCUT2D eigenvalue weighted by atomic mass is 16.5. The molecule has 0 radical (unpaired) electrons. The van der Waals surface area contributed by atoms with Gasteiger partial charge in [0.05, 0.1) is 6.04 Å². The van der Waals surface area contributed by atoms with E-state index in [1.807, 2.05) is 85.4 Å². The van der Waals surface area contributed by atoms with Crippen LogP contribution in [0, 0.1) is 6.92 Å². The Morgan fingerprint density at radius 3 is 2.63 bits per heavy atom. The fraction of sp³-hybridized carbons (Fsp3) is 0.167. The Labute approximate surface area is 175 Å². The van der Waals surface area contributed by atoms with E-state index in [4.69, 9.17) is 4.74 Å². The van der Waals surface area contributed by atoms with Crippen molar-refractivity contribution in [3.8, 4) is 11.4 Å². The molecule has 1 unspecified atom stereocenters. The first-order valence-electron chi connectivity index (χ1n) is 9.86.